The van der Waals surface area contributed by atoms with Crippen molar-refractivity contribution in [2.45, 2.75) is 23.9 Å². The molecule has 9 heteroatoms. The molecule has 0 fully saturated rings. The van der Waals surface area contributed by atoms with E-state index in [1.54, 1.807) is 12.1 Å². The zero-order valence-electron chi connectivity index (χ0n) is 15.7. The fraction of sp³-hybridized carbons (Fsp3) is 0.100. The van der Waals surface area contributed by atoms with Gasteiger partial charge >= 0.3 is 0 Å². The number of hydrogen-bond donors (Lipinski definition) is 4. The number of benzene rings is 2. The van der Waals surface area contributed by atoms with Crippen LogP contribution in [-0.2, 0) is 4.79 Å². The molecule has 8 nitrogen and oxygen atoms in total. The first-order valence-electron chi connectivity index (χ1n) is 8.82. The van der Waals surface area contributed by atoms with Gasteiger partial charge in [-0.05, 0) is 55.1 Å². The second kappa shape index (κ2) is 7.80. The van der Waals surface area contributed by atoms with Crippen LogP contribution < -0.4 is 10.6 Å². The molecule has 0 saturated carbocycles. The van der Waals surface area contributed by atoms with Crippen molar-refractivity contribution in [1.29, 1.82) is 0 Å². The Hall–Kier alpha value is -3.59. The molecule has 0 unspecified atom stereocenters. The molecular formula is C20H18N6O2S. The summed E-state index contributed by atoms with van der Waals surface area (Å²) in [5.41, 5.74) is 2.03. The van der Waals surface area contributed by atoms with E-state index in [0.29, 0.717) is 27.7 Å². The number of para-hydroxylation sites is 1. The Bertz CT molecular complexity index is 1190. The number of hydrogen-bond acceptors (Lipinski definition) is 7. The Morgan fingerprint density at radius 3 is 2.62 bits per heavy atom. The summed E-state index contributed by atoms with van der Waals surface area (Å²) < 4.78 is 0. The van der Waals surface area contributed by atoms with Crippen LogP contribution in [0.25, 0.3) is 10.9 Å². The van der Waals surface area contributed by atoms with Crippen molar-refractivity contribution in [3.05, 3.63) is 54.2 Å². The van der Waals surface area contributed by atoms with E-state index in [1.807, 2.05) is 43.3 Å². The van der Waals surface area contributed by atoms with E-state index >= 15 is 0 Å². The predicted octanol–water partition coefficient (Wildman–Crippen LogP) is 4.22. The van der Waals surface area contributed by atoms with Gasteiger partial charge in [0, 0.05) is 29.0 Å². The number of nitrogens with one attached hydrogen (secondary N) is 3. The van der Waals surface area contributed by atoms with Crippen LogP contribution in [0.1, 0.15) is 12.6 Å². The van der Waals surface area contributed by atoms with E-state index in [0.717, 1.165) is 16.3 Å². The number of aromatic amines is 1. The molecule has 4 N–H and O–H groups in total. The van der Waals surface area contributed by atoms with Crippen LogP contribution in [0.15, 0.2) is 58.6 Å². The van der Waals surface area contributed by atoms with Crippen molar-refractivity contribution in [3.8, 4) is 5.75 Å². The van der Waals surface area contributed by atoms with E-state index in [1.165, 1.54) is 18.7 Å². The van der Waals surface area contributed by atoms with Gasteiger partial charge in [-0.25, -0.2) is 9.97 Å². The van der Waals surface area contributed by atoms with Crippen molar-refractivity contribution in [3.63, 3.8) is 0 Å². The maximum absolute atomic E-state index is 11.2. The van der Waals surface area contributed by atoms with Crippen molar-refractivity contribution < 1.29 is 9.90 Å². The van der Waals surface area contributed by atoms with E-state index < -0.39 is 0 Å². The first-order valence-corrected chi connectivity index (χ1v) is 9.64. The van der Waals surface area contributed by atoms with E-state index in [9.17, 15) is 9.90 Å². The maximum atomic E-state index is 11.2. The molecule has 1 amide bonds. The second-order valence-electron chi connectivity index (χ2n) is 6.38. The molecule has 2 aromatic carbocycles. The highest BCUT2D eigenvalue weighted by molar-refractivity contribution is 7.99. The number of phenolic OH excluding ortho intramolecular Hbond substituents is 1. The van der Waals surface area contributed by atoms with Crippen LogP contribution in [-0.4, -0.2) is 31.2 Å². The van der Waals surface area contributed by atoms with Crippen molar-refractivity contribution in [2.24, 2.45) is 0 Å². The van der Waals surface area contributed by atoms with Gasteiger partial charge in [-0.15, -0.1) is 0 Å². The molecule has 146 valence electrons. The van der Waals surface area contributed by atoms with Gasteiger partial charge in [0.1, 0.15) is 22.9 Å². The molecule has 0 bridgehead atoms. The number of aromatic nitrogens is 4. The average molecular weight is 406 g/mol. The smallest absolute Gasteiger partial charge is 0.221 e. The summed E-state index contributed by atoms with van der Waals surface area (Å²) in [5, 5.41) is 24.4. The van der Waals surface area contributed by atoms with Crippen molar-refractivity contribution in [1.82, 2.24) is 20.2 Å². The maximum Gasteiger partial charge on any atom is 0.221 e. The minimum absolute atomic E-state index is 0.0802. The minimum atomic E-state index is -0.122. The topological polar surface area (TPSA) is 116 Å². The zero-order valence-corrected chi connectivity index (χ0v) is 16.5. The molecule has 0 spiro atoms. The van der Waals surface area contributed by atoms with Crippen LogP contribution in [0.2, 0.25) is 0 Å². The summed E-state index contributed by atoms with van der Waals surface area (Å²) in [7, 11) is 0. The van der Waals surface area contributed by atoms with Gasteiger partial charge < -0.3 is 15.7 Å². The third-order valence-electron chi connectivity index (χ3n) is 4.03. The quantitative estimate of drug-likeness (QED) is 0.367. The lowest BCUT2D eigenvalue weighted by Gasteiger charge is -2.10. The lowest BCUT2D eigenvalue weighted by atomic mass is 10.2. The number of amides is 1. The average Bonchev–Trinajstić information content (AvgIpc) is 3.09. The molecule has 0 aliphatic heterocycles. The summed E-state index contributed by atoms with van der Waals surface area (Å²) in [6, 6.07) is 14.4. The number of nitrogens with zero attached hydrogens (tertiary/aromatic N) is 3. The van der Waals surface area contributed by atoms with Crippen LogP contribution in [0.5, 0.6) is 5.75 Å². The Balaban J connectivity index is 1.68. The molecule has 0 atom stereocenters. The SMILES string of the molecule is CC(=O)Nc1ccc(Sc2nc(Nc3cc(C)n[nH]3)c3cccc(O)c3n2)cc1. The lowest BCUT2D eigenvalue weighted by Crippen LogP contribution is -2.05. The van der Waals surface area contributed by atoms with Gasteiger partial charge in [0.15, 0.2) is 5.16 Å². The van der Waals surface area contributed by atoms with Crippen molar-refractivity contribution >= 4 is 45.9 Å². The predicted molar refractivity (Wildman–Crippen MR) is 113 cm³/mol. The molecule has 0 aliphatic rings. The number of carbonyl (C=O) groups excluding carboxylic acids is 1. The summed E-state index contributed by atoms with van der Waals surface area (Å²) in [5.74, 6) is 1.22. The largest absolute Gasteiger partial charge is 0.506 e. The number of rotatable bonds is 5. The molecular weight excluding hydrogens is 388 g/mol. The number of H-pyrrole nitrogens is 1. The molecule has 4 aromatic rings. The van der Waals surface area contributed by atoms with Gasteiger partial charge in [0.05, 0.1) is 5.69 Å². The highest BCUT2D eigenvalue weighted by atomic mass is 32.2. The van der Waals surface area contributed by atoms with Gasteiger partial charge in [0.2, 0.25) is 5.91 Å². The summed E-state index contributed by atoms with van der Waals surface area (Å²) >= 11 is 1.36. The highest BCUT2D eigenvalue weighted by Gasteiger charge is 2.13. The van der Waals surface area contributed by atoms with Gasteiger partial charge in [-0.2, -0.15) is 5.10 Å². The fourth-order valence-corrected chi connectivity index (χ4v) is 3.54. The molecule has 0 radical (unpaired) electrons. The Kier molecular flexibility index (Phi) is 5.05. The van der Waals surface area contributed by atoms with Crippen LogP contribution in [0.3, 0.4) is 0 Å². The number of fused-ring (bicyclic) bond motifs is 1. The first kappa shape index (κ1) is 18.8. The third kappa shape index (κ3) is 4.30. The number of aromatic hydroxyl groups is 1. The molecule has 0 aliphatic carbocycles. The molecule has 0 saturated heterocycles. The van der Waals surface area contributed by atoms with Gasteiger partial charge in [0.25, 0.3) is 0 Å². The summed E-state index contributed by atoms with van der Waals surface area (Å²) in [4.78, 5) is 21.2. The van der Waals surface area contributed by atoms with E-state index in [-0.39, 0.29) is 11.7 Å². The number of phenols is 1. The Labute approximate surface area is 170 Å². The number of carbonyl (C=O) groups is 1. The van der Waals surface area contributed by atoms with E-state index in [4.69, 9.17) is 0 Å². The first-order chi connectivity index (χ1) is 14.0. The molecule has 29 heavy (non-hydrogen) atoms. The lowest BCUT2D eigenvalue weighted by molar-refractivity contribution is -0.114. The van der Waals surface area contributed by atoms with Crippen LogP contribution in [0.4, 0.5) is 17.3 Å². The zero-order chi connectivity index (χ0) is 20.4. The highest BCUT2D eigenvalue weighted by Crippen LogP contribution is 2.33. The number of aryl methyl sites for hydroxylation is 1. The standard InChI is InChI=1S/C20H18N6O2S/c1-11-10-17(26-25-11)22-19-15-4-3-5-16(28)18(15)23-20(24-19)29-14-8-6-13(7-9-14)21-12(2)27/h3-10,28H,1-2H3,(H,21,27)(H2,22,23,24,25,26). The van der Waals surface area contributed by atoms with Gasteiger partial charge in [-0.3, -0.25) is 9.89 Å². The van der Waals surface area contributed by atoms with Crippen LogP contribution in [0, 0.1) is 6.92 Å². The number of anilines is 3. The monoisotopic (exact) mass is 406 g/mol. The molecule has 2 aromatic heterocycles. The second-order valence-corrected chi connectivity index (χ2v) is 7.42. The van der Waals surface area contributed by atoms with Gasteiger partial charge in [-0.1, -0.05) is 6.07 Å². The minimum Gasteiger partial charge on any atom is -0.506 e. The van der Waals surface area contributed by atoms with Crippen molar-refractivity contribution in [2.75, 3.05) is 10.6 Å². The molecule has 4 rings (SSSR count). The third-order valence-corrected chi connectivity index (χ3v) is 4.90. The van der Waals surface area contributed by atoms with E-state index in [2.05, 4.69) is 30.8 Å². The Morgan fingerprint density at radius 1 is 1.14 bits per heavy atom. The van der Waals surface area contributed by atoms with Crippen LogP contribution >= 0.6 is 11.8 Å². The normalized spacial score (nSPS) is 10.8. The summed E-state index contributed by atoms with van der Waals surface area (Å²) in [6.07, 6.45) is 0. The Morgan fingerprint density at radius 2 is 1.93 bits per heavy atom. The fourth-order valence-electron chi connectivity index (χ4n) is 2.79. The summed E-state index contributed by atoms with van der Waals surface area (Å²) in [6.45, 7) is 3.35. The molecule has 2 heterocycles.